The van der Waals surface area contributed by atoms with E-state index in [4.69, 9.17) is 0 Å². The molecular weight excluding hydrogens is 390 g/mol. The first-order valence-electron chi connectivity index (χ1n) is 9.62. The van der Waals surface area contributed by atoms with E-state index in [0.29, 0.717) is 17.7 Å². The van der Waals surface area contributed by atoms with Crippen molar-refractivity contribution in [2.24, 2.45) is 0 Å². The SMILES string of the molecule is CCCn1c(=O)c2c(ncn2Cc2ccc(F)c(F)c2)n(-c2ccc(C)cc2)c1=O. The Labute approximate surface area is 170 Å². The maximum atomic E-state index is 13.6. The van der Waals surface area contributed by atoms with Gasteiger partial charge < -0.3 is 4.57 Å². The lowest BCUT2D eigenvalue weighted by Crippen LogP contribution is -2.40. The van der Waals surface area contributed by atoms with Crippen LogP contribution in [0.1, 0.15) is 24.5 Å². The number of aryl methyl sites for hydroxylation is 1. The van der Waals surface area contributed by atoms with E-state index >= 15 is 0 Å². The number of nitrogens with zero attached hydrogens (tertiary/aromatic N) is 4. The van der Waals surface area contributed by atoms with Crippen molar-refractivity contribution in [3.8, 4) is 5.69 Å². The minimum Gasteiger partial charge on any atom is -0.320 e. The maximum absolute atomic E-state index is 13.6. The molecule has 0 N–H and O–H groups in total. The Morgan fingerprint density at radius 3 is 2.40 bits per heavy atom. The fourth-order valence-corrected chi connectivity index (χ4v) is 3.48. The lowest BCUT2D eigenvalue weighted by Gasteiger charge is -2.12. The van der Waals surface area contributed by atoms with Crippen molar-refractivity contribution in [1.29, 1.82) is 0 Å². The monoisotopic (exact) mass is 410 g/mol. The molecule has 2 aromatic heterocycles. The summed E-state index contributed by atoms with van der Waals surface area (Å²) in [7, 11) is 0. The minimum atomic E-state index is -0.961. The molecule has 30 heavy (non-hydrogen) atoms. The summed E-state index contributed by atoms with van der Waals surface area (Å²) in [5.41, 5.74) is 1.64. The van der Waals surface area contributed by atoms with Crippen molar-refractivity contribution in [3.05, 3.63) is 92.4 Å². The van der Waals surface area contributed by atoms with Crippen LogP contribution in [0, 0.1) is 18.6 Å². The van der Waals surface area contributed by atoms with Gasteiger partial charge in [0.25, 0.3) is 5.56 Å². The molecule has 0 atom stereocenters. The zero-order valence-electron chi connectivity index (χ0n) is 16.6. The molecule has 154 valence electrons. The van der Waals surface area contributed by atoms with Gasteiger partial charge >= 0.3 is 5.69 Å². The van der Waals surface area contributed by atoms with Crippen LogP contribution < -0.4 is 11.2 Å². The highest BCUT2D eigenvalue weighted by Gasteiger charge is 2.19. The minimum absolute atomic E-state index is 0.112. The highest BCUT2D eigenvalue weighted by Crippen LogP contribution is 2.16. The Bertz CT molecular complexity index is 1350. The Kier molecular flexibility index (Phi) is 5.07. The third kappa shape index (κ3) is 3.34. The van der Waals surface area contributed by atoms with Crippen molar-refractivity contribution in [2.45, 2.75) is 33.4 Å². The summed E-state index contributed by atoms with van der Waals surface area (Å²) >= 11 is 0. The van der Waals surface area contributed by atoms with E-state index in [1.807, 2.05) is 26.0 Å². The van der Waals surface area contributed by atoms with E-state index in [2.05, 4.69) is 4.98 Å². The number of hydrogen-bond donors (Lipinski definition) is 0. The highest BCUT2D eigenvalue weighted by atomic mass is 19.2. The second kappa shape index (κ2) is 7.70. The summed E-state index contributed by atoms with van der Waals surface area (Å²) in [5, 5.41) is 0. The van der Waals surface area contributed by atoms with Crippen LogP contribution in [0.25, 0.3) is 16.9 Å². The van der Waals surface area contributed by atoms with Crippen LogP contribution in [0.15, 0.2) is 58.4 Å². The van der Waals surface area contributed by atoms with Crippen molar-refractivity contribution in [1.82, 2.24) is 18.7 Å². The Morgan fingerprint density at radius 2 is 1.73 bits per heavy atom. The van der Waals surface area contributed by atoms with Gasteiger partial charge in [-0.2, -0.15) is 0 Å². The molecular formula is C22H20F2N4O2. The summed E-state index contributed by atoms with van der Waals surface area (Å²) in [6, 6.07) is 10.9. The molecule has 0 bridgehead atoms. The summed E-state index contributed by atoms with van der Waals surface area (Å²) in [6.45, 7) is 4.19. The lowest BCUT2D eigenvalue weighted by atomic mass is 10.2. The molecule has 0 amide bonds. The lowest BCUT2D eigenvalue weighted by molar-refractivity contribution is 0.506. The highest BCUT2D eigenvalue weighted by molar-refractivity contribution is 5.72. The van der Waals surface area contributed by atoms with Crippen molar-refractivity contribution in [2.75, 3.05) is 0 Å². The van der Waals surface area contributed by atoms with E-state index < -0.39 is 22.9 Å². The van der Waals surface area contributed by atoms with Crippen molar-refractivity contribution in [3.63, 3.8) is 0 Å². The summed E-state index contributed by atoms with van der Waals surface area (Å²) < 4.78 is 31.0. The maximum Gasteiger partial charge on any atom is 0.337 e. The molecule has 0 saturated heterocycles. The zero-order valence-corrected chi connectivity index (χ0v) is 16.6. The molecule has 0 spiro atoms. The number of fused-ring (bicyclic) bond motifs is 1. The summed E-state index contributed by atoms with van der Waals surface area (Å²) in [5.74, 6) is -1.90. The molecule has 0 saturated carbocycles. The fraction of sp³-hybridized carbons (Fsp3) is 0.227. The van der Waals surface area contributed by atoms with Crippen LogP contribution in [0.3, 0.4) is 0 Å². The second-order valence-corrected chi connectivity index (χ2v) is 7.20. The van der Waals surface area contributed by atoms with E-state index in [1.165, 1.54) is 21.5 Å². The molecule has 0 unspecified atom stereocenters. The third-order valence-corrected chi connectivity index (χ3v) is 4.98. The number of rotatable bonds is 5. The van der Waals surface area contributed by atoms with Gasteiger partial charge in [0.2, 0.25) is 0 Å². The molecule has 0 fully saturated rings. The number of hydrogen-bond acceptors (Lipinski definition) is 3. The van der Waals surface area contributed by atoms with Gasteiger partial charge in [0.15, 0.2) is 22.8 Å². The largest absolute Gasteiger partial charge is 0.337 e. The molecule has 0 radical (unpaired) electrons. The fourth-order valence-electron chi connectivity index (χ4n) is 3.48. The number of benzene rings is 2. The first kappa shape index (κ1) is 19.8. The number of halogens is 2. The van der Waals surface area contributed by atoms with Crippen LogP contribution in [-0.4, -0.2) is 18.7 Å². The number of aromatic nitrogens is 4. The average molecular weight is 410 g/mol. The molecule has 0 aliphatic rings. The van der Waals surface area contributed by atoms with E-state index in [-0.39, 0.29) is 24.3 Å². The van der Waals surface area contributed by atoms with Gasteiger partial charge in [-0.3, -0.25) is 9.36 Å². The first-order chi connectivity index (χ1) is 14.4. The Morgan fingerprint density at radius 1 is 1.00 bits per heavy atom. The van der Waals surface area contributed by atoms with Gasteiger partial charge in [0.1, 0.15) is 0 Å². The van der Waals surface area contributed by atoms with Crippen LogP contribution in [-0.2, 0) is 13.1 Å². The zero-order chi connectivity index (χ0) is 21.4. The normalized spacial score (nSPS) is 11.3. The predicted octanol–water partition coefficient (Wildman–Crippen LogP) is 3.39. The van der Waals surface area contributed by atoms with Gasteiger partial charge in [-0.25, -0.2) is 23.1 Å². The topological polar surface area (TPSA) is 61.8 Å². The van der Waals surface area contributed by atoms with Gasteiger partial charge in [0.05, 0.1) is 12.0 Å². The van der Waals surface area contributed by atoms with E-state index in [9.17, 15) is 18.4 Å². The predicted molar refractivity (Wildman–Crippen MR) is 110 cm³/mol. The third-order valence-electron chi connectivity index (χ3n) is 4.98. The molecule has 0 aliphatic carbocycles. The Hall–Kier alpha value is -3.55. The van der Waals surface area contributed by atoms with Crippen LogP contribution in [0.4, 0.5) is 8.78 Å². The molecule has 6 nitrogen and oxygen atoms in total. The summed E-state index contributed by atoms with van der Waals surface area (Å²) in [6.07, 6.45) is 2.04. The van der Waals surface area contributed by atoms with Crippen LogP contribution >= 0.6 is 0 Å². The van der Waals surface area contributed by atoms with Gasteiger partial charge in [0, 0.05) is 13.1 Å². The standard InChI is InChI=1S/C22H20F2N4O2/c1-3-10-27-21(29)19-20(28(22(27)30)16-7-4-14(2)5-8-16)25-13-26(19)12-15-6-9-17(23)18(24)11-15/h4-9,11,13H,3,10,12H2,1-2H3. The average Bonchev–Trinajstić information content (AvgIpc) is 3.13. The Balaban J connectivity index is 1.96. The molecule has 2 aromatic carbocycles. The van der Waals surface area contributed by atoms with Crippen LogP contribution in [0.5, 0.6) is 0 Å². The molecule has 4 aromatic rings. The van der Waals surface area contributed by atoms with E-state index in [0.717, 1.165) is 17.7 Å². The molecule has 4 rings (SSSR count). The number of imidazole rings is 1. The first-order valence-corrected chi connectivity index (χ1v) is 9.62. The smallest absolute Gasteiger partial charge is 0.320 e. The van der Waals surface area contributed by atoms with Gasteiger partial charge in [-0.1, -0.05) is 30.7 Å². The van der Waals surface area contributed by atoms with E-state index in [1.54, 1.807) is 16.7 Å². The van der Waals surface area contributed by atoms with Crippen LogP contribution in [0.2, 0.25) is 0 Å². The molecule has 2 heterocycles. The van der Waals surface area contributed by atoms with Crippen molar-refractivity contribution < 1.29 is 8.78 Å². The second-order valence-electron chi connectivity index (χ2n) is 7.20. The van der Waals surface area contributed by atoms with Crippen molar-refractivity contribution >= 4 is 11.2 Å². The van der Waals surface area contributed by atoms with Gasteiger partial charge in [-0.05, 0) is 43.2 Å². The molecule has 8 heteroatoms. The quantitative estimate of drug-likeness (QED) is 0.507. The summed E-state index contributed by atoms with van der Waals surface area (Å²) in [4.78, 5) is 30.6. The molecule has 0 aliphatic heterocycles. The van der Waals surface area contributed by atoms with Gasteiger partial charge in [-0.15, -0.1) is 0 Å².